The molecule has 136 valence electrons. The number of para-hydroxylation sites is 2. The summed E-state index contributed by atoms with van der Waals surface area (Å²) in [4.78, 5) is 25.6. The number of benzene rings is 3. The Bertz CT molecular complexity index is 996. The fraction of sp³-hybridized carbons (Fsp3) is 0. The molecule has 0 fully saturated rings. The molecule has 0 spiro atoms. The molecule has 0 saturated heterocycles. The van der Waals surface area contributed by atoms with Crippen LogP contribution in [0.2, 0.25) is 0 Å². The first-order valence-electron chi connectivity index (χ1n) is 8.60. The highest BCUT2D eigenvalue weighted by atomic mass is 16.2. The average molecular weight is 367 g/mol. The summed E-state index contributed by atoms with van der Waals surface area (Å²) in [6, 6.07) is 26.5. The summed E-state index contributed by atoms with van der Waals surface area (Å²) in [6.07, 6.45) is 1.47. The lowest BCUT2D eigenvalue weighted by atomic mass is 10.1. The maximum Gasteiger partial charge on any atom is 0.261 e. The number of carbonyl (C=O) groups excluding carboxylic acids is 2. The molecule has 28 heavy (non-hydrogen) atoms. The van der Waals surface area contributed by atoms with Crippen LogP contribution in [0.5, 0.6) is 0 Å². The summed E-state index contributed by atoms with van der Waals surface area (Å²) < 4.78 is 0. The molecule has 3 aromatic carbocycles. The van der Waals surface area contributed by atoms with Crippen molar-refractivity contribution in [3.63, 3.8) is 0 Å². The van der Waals surface area contributed by atoms with Crippen molar-refractivity contribution in [3.8, 4) is 6.07 Å². The van der Waals surface area contributed by atoms with Crippen molar-refractivity contribution in [3.05, 3.63) is 102 Å². The van der Waals surface area contributed by atoms with E-state index >= 15 is 0 Å². The average Bonchev–Trinajstić information content (AvgIpc) is 2.73. The zero-order valence-corrected chi connectivity index (χ0v) is 14.9. The molecule has 3 rings (SSSR count). The van der Waals surface area contributed by atoms with E-state index in [-0.39, 0.29) is 5.57 Å². The van der Waals surface area contributed by atoms with Crippen LogP contribution in [-0.4, -0.2) is 11.8 Å². The van der Waals surface area contributed by atoms with E-state index < -0.39 is 11.8 Å². The minimum atomic E-state index is -0.540. The zero-order chi connectivity index (χ0) is 19.8. The number of anilines is 2. The smallest absolute Gasteiger partial charge is 0.261 e. The number of nitrogens with one attached hydrogen (secondary N) is 2. The second kappa shape index (κ2) is 8.97. The Morgan fingerprint density at radius 2 is 1.29 bits per heavy atom. The lowest BCUT2D eigenvalue weighted by Gasteiger charge is -2.10. The number of nitriles is 1. The van der Waals surface area contributed by atoms with Gasteiger partial charge in [-0.2, -0.15) is 5.26 Å². The molecule has 0 radical (unpaired) electrons. The van der Waals surface area contributed by atoms with Gasteiger partial charge in [0.1, 0.15) is 5.57 Å². The van der Waals surface area contributed by atoms with E-state index in [1.165, 1.54) is 6.08 Å². The lowest BCUT2D eigenvalue weighted by Crippen LogP contribution is -2.25. The summed E-state index contributed by atoms with van der Waals surface area (Å²) in [5.41, 5.74) is 2.12. The minimum absolute atomic E-state index is 0.0669. The van der Waals surface area contributed by atoms with Gasteiger partial charge in [-0.15, -0.1) is 0 Å². The predicted molar refractivity (Wildman–Crippen MR) is 109 cm³/mol. The van der Waals surface area contributed by atoms with Crippen molar-refractivity contribution in [2.24, 2.45) is 0 Å². The Morgan fingerprint density at radius 3 is 1.79 bits per heavy atom. The maximum atomic E-state index is 12.8. The summed E-state index contributed by atoms with van der Waals surface area (Å²) in [7, 11) is 0. The number of amides is 2. The topological polar surface area (TPSA) is 82.0 Å². The number of hydrogen-bond acceptors (Lipinski definition) is 3. The molecule has 2 amide bonds. The molecular formula is C23H17N3O2. The largest absolute Gasteiger partial charge is 0.322 e. The summed E-state index contributed by atoms with van der Waals surface area (Å²) in [5, 5.41) is 14.5. The van der Waals surface area contributed by atoms with Crippen LogP contribution in [0, 0.1) is 11.3 Å². The Labute approximate surface area is 162 Å². The van der Waals surface area contributed by atoms with Crippen molar-refractivity contribution in [2.45, 2.75) is 0 Å². The van der Waals surface area contributed by atoms with Gasteiger partial charge in [0.25, 0.3) is 11.8 Å². The van der Waals surface area contributed by atoms with Crippen molar-refractivity contribution in [1.82, 2.24) is 0 Å². The molecule has 0 bridgehead atoms. The van der Waals surface area contributed by atoms with Crippen LogP contribution >= 0.6 is 0 Å². The molecular weight excluding hydrogens is 350 g/mol. The molecule has 0 heterocycles. The van der Waals surface area contributed by atoms with Crippen molar-refractivity contribution >= 4 is 29.3 Å². The molecule has 0 aliphatic rings. The van der Waals surface area contributed by atoms with Gasteiger partial charge in [-0.05, 0) is 48.0 Å². The quantitative estimate of drug-likeness (QED) is 0.402. The van der Waals surface area contributed by atoms with Crippen molar-refractivity contribution in [2.75, 3.05) is 10.6 Å². The summed E-state index contributed by atoms with van der Waals surface area (Å²) in [5.74, 6) is -1.08. The van der Waals surface area contributed by atoms with Gasteiger partial charge in [-0.25, -0.2) is 0 Å². The molecule has 2 N–H and O–H groups in total. The zero-order valence-electron chi connectivity index (χ0n) is 14.9. The van der Waals surface area contributed by atoms with Gasteiger partial charge in [0.05, 0.1) is 11.6 Å². The monoisotopic (exact) mass is 367 g/mol. The molecule has 0 atom stereocenters. The van der Waals surface area contributed by atoms with Gasteiger partial charge in [-0.3, -0.25) is 9.59 Å². The summed E-state index contributed by atoms with van der Waals surface area (Å²) in [6.45, 7) is 0. The van der Waals surface area contributed by atoms with Crippen molar-refractivity contribution < 1.29 is 9.59 Å². The van der Waals surface area contributed by atoms with Crippen LogP contribution in [0.4, 0.5) is 11.4 Å². The number of rotatable bonds is 5. The molecule has 5 heteroatoms. The van der Waals surface area contributed by atoms with E-state index in [2.05, 4.69) is 10.6 Å². The second-order valence-electron chi connectivity index (χ2n) is 5.94. The normalized spacial score (nSPS) is 9.68. The highest BCUT2D eigenvalue weighted by Crippen LogP contribution is 2.15. The van der Waals surface area contributed by atoms with Gasteiger partial charge in [-0.1, -0.05) is 48.5 Å². The van der Waals surface area contributed by atoms with Gasteiger partial charge in [0.2, 0.25) is 0 Å². The fourth-order valence-corrected chi connectivity index (χ4v) is 2.54. The highest BCUT2D eigenvalue weighted by Gasteiger charge is 2.19. The first-order valence-corrected chi connectivity index (χ1v) is 8.60. The van der Waals surface area contributed by atoms with E-state index in [1.54, 1.807) is 72.8 Å². The Kier molecular flexibility index (Phi) is 5.96. The Hall–Kier alpha value is -4.17. The lowest BCUT2D eigenvalue weighted by molar-refractivity contribution is -0.118. The van der Waals surface area contributed by atoms with Gasteiger partial charge in [0, 0.05) is 11.4 Å². The summed E-state index contributed by atoms with van der Waals surface area (Å²) >= 11 is 0. The van der Waals surface area contributed by atoms with Crippen LogP contribution in [-0.2, 0) is 9.59 Å². The van der Waals surface area contributed by atoms with E-state index in [4.69, 9.17) is 5.26 Å². The SMILES string of the molecule is N#Cc1cccc(C=C(C(=O)Nc2ccccc2)C(=O)Nc2ccccc2)c1. The van der Waals surface area contributed by atoms with Gasteiger partial charge < -0.3 is 10.6 Å². The number of nitrogens with zero attached hydrogens (tertiary/aromatic N) is 1. The molecule has 0 saturated carbocycles. The standard InChI is InChI=1S/C23H17N3O2/c24-16-18-9-7-8-17(14-18)15-21(22(27)25-19-10-3-1-4-11-19)23(28)26-20-12-5-2-6-13-20/h1-15H,(H,25,27)(H,26,28). The first-order chi connectivity index (χ1) is 13.7. The third kappa shape index (κ3) is 4.93. The molecule has 5 nitrogen and oxygen atoms in total. The second-order valence-corrected chi connectivity index (χ2v) is 5.94. The van der Waals surface area contributed by atoms with Gasteiger partial charge in [0.15, 0.2) is 0 Å². The van der Waals surface area contributed by atoms with Gasteiger partial charge >= 0.3 is 0 Å². The molecule has 0 aromatic heterocycles. The third-order valence-electron chi connectivity index (χ3n) is 3.88. The molecule has 0 aliphatic heterocycles. The van der Waals surface area contributed by atoms with Crippen LogP contribution in [0.3, 0.4) is 0 Å². The van der Waals surface area contributed by atoms with Crippen LogP contribution in [0.1, 0.15) is 11.1 Å². The fourth-order valence-electron chi connectivity index (χ4n) is 2.54. The Morgan fingerprint density at radius 1 is 0.750 bits per heavy atom. The number of carbonyl (C=O) groups is 2. The first kappa shape index (κ1) is 18.6. The maximum absolute atomic E-state index is 12.8. The minimum Gasteiger partial charge on any atom is -0.322 e. The molecule has 0 unspecified atom stereocenters. The number of hydrogen-bond donors (Lipinski definition) is 2. The van der Waals surface area contributed by atoms with Crippen molar-refractivity contribution in [1.29, 1.82) is 5.26 Å². The van der Waals surface area contributed by atoms with E-state index in [1.807, 2.05) is 18.2 Å². The Balaban J connectivity index is 1.92. The van der Waals surface area contributed by atoms with Crippen LogP contribution in [0.15, 0.2) is 90.5 Å². The van der Waals surface area contributed by atoms with Crippen LogP contribution in [0.25, 0.3) is 6.08 Å². The van der Waals surface area contributed by atoms with E-state index in [9.17, 15) is 9.59 Å². The van der Waals surface area contributed by atoms with E-state index in [0.29, 0.717) is 22.5 Å². The third-order valence-corrected chi connectivity index (χ3v) is 3.88. The highest BCUT2D eigenvalue weighted by molar-refractivity contribution is 6.28. The van der Waals surface area contributed by atoms with E-state index in [0.717, 1.165) is 0 Å². The molecule has 3 aromatic rings. The van der Waals surface area contributed by atoms with Crippen LogP contribution < -0.4 is 10.6 Å². The molecule has 0 aliphatic carbocycles. The predicted octanol–water partition coefficient (Wildman–Crippen LogP) is 4.22.